The van der Waals surface area contributed by atoms with E-state index in [0.717, 1.165) is 16.9 Å². The molecule has 0 spiro atoms. The standard InChI is InChI=1S/C16H14N4O/c1-12-3-2-4-13(9-12)16(21)19-14-5-7-15(8-6-14)20-11-17-10-18-20/h2-11H,1H3,(H,19,21). The van der Waals surface area contributed by atoms with Gasteiger partial charge in [-0.3, -0.25) is 4.79 Å². The number of carbonyl (C=O) groups is 1. The van der Waals surface area contributed by atoms with Gasteiger partial charge in [-0.25, -0.2) is 9.67 Å². The van der Waals surface area contributed by atoms with Crippen molar-refractivity contribution in [2.24, 2.45) is 0 Å². The number of benzene rings is 2. The van der Waals surface area contributed by atoms with Gasteiger partial charge in [-0.2, -0.15) is 5.10 Å². The fraction of sp³-hybridized carbons (Fsp3) is 0.0625. The van der Waals surface area contributed by atoms with E-state index in [9.17, 15) is 4.79 Å². The molecule has 1 aromatic heterocycles. The molecule has 1 heterocycles. The SMILES string of the molecule is Cc1cccc(C(=O)Nc2ccc(-n3cncn3)cc2)c1. The number of hydrogen-bond acceptors (Lipinski definition) is 3. The zero-order valence-corrected chi connectivity index (χ0v) is 11.5. The van der Waals surface area contributed by atoms with Gasteiger partial charge in [-0.05, 0) is 43.3 Å². The molecule has 0 radical (unpaired) electrons. The van der Waals surface area contributed by atoms with Gasteiger partial charge in [0.05, 0.1) is 5.69 Å². The Labute approximate surface area is 122 Å². The molecule has 0 fully saturated rings. The molecule has 0 aliphatic rings. The Morgan fingerprint density at radius 3 is 2.62 bits per heavy atom. The van der Waals surface area contributed by atoms with E-state index >= 15 is 0 Å². The first kappa shape index (κ1) is 13.1. The minimum absolute atomic E-state index is 0.118. The molecule has 0 saturated heterocycles. The van der Waals surface area contributed by atoms with Gasteiger partial charge < -0.3 is 5.32 Å². The largest absolute Gasteiger partial charge is 0.322 e. The highest BCUT2D eigenvalue weighted by Gasteiger charge is 2.06. The Balaban J connectivity index is 1.75. The number of anilines is 1. The lowest BCUT2D eigenvalue weighted by Crippen LogP contribution is -2.11. The average Bonchev–Trinajstić information content (AvgIpc) is 3.02. The van der Waals surface area contributed by atoms with Gasteiger partial charge in [0.1, 0.15) is 12.7 Å². The van der Waals surface area contributed by atoms with Crippen LogP contribution >= 0.6 is 0 Å². The summed E-state index contributed by atoms with van der Waals surface area (Å²) in [6.45, 7) is 1.96. The quantitative estimate of drug-likeness (QED) is 0.801. The molecule has 0 atom stereocenters. The smallest absolute Gasteiger partial charge is 0.255 e. The summed E-state index contributed by atoms with van der Waals surface area (Å²) in [5.74, 6) is -0.118. The van der Waals surface area contributed by atoms with E-state index < -0.39 is 0 Å². The second-order valence-electron chi connectivity index (χ2n) is 4.71. The Morgan fingerprint density at radius 2 is 1.95 bits per heavy atom. The highest BCUT2D eigenvalue weighted by atomic mass is 16.1. The summed E-state index contributed by atoms with van der Waals surface area (Å²) in [7, 11) is 0. The third-order valence-corrected chi connectivity index (χ3v) is 3.09. The lowest BCUT2D eigenvalue weighted by Gasteiger charge is -2.07. The summed E-state index contributed by atoms with van der Waals surface area (Å²) in [6.07, 6.45) is 3.10. The molecule has 3 rings (SSSR count). The number of aryl methyl sites for hydroxylation is 1. The van der Waals surface area contributed by atoms with Crippen LogP contribution in [0.1, 0.15) is 15.9 Å². The van der Waals surface area contributed by atoms with E-state index in [1.165, 1.54) is 6.33 Å². The topological polar surface area (TPSA) is 59.8 Å². The molecule has 1 amide bonds. The molecular formula is C16H14N4O. The van der Waals surface area contributed by atoms with Crippen LogP contribution in [-0.4, -0.2) is 20.7 Å². The third kappa shape index (κ3) is 2.97. The van der Waals surface area contributed by atoms with Crippen LogP contribution in [0.2, 0.25) is 0 Å². The van der Waals surface area contributed by atoms with Crippen molar-refractivity contribution in [2.75, 3.05) is 5.32 Å². The van der Waals surface area contributed by atoms with Gasteiger partial charge in [-0.15, -0.1) is 0 Å². The van der Waals surface area contributed by atoms with Crippen molar-refractivity contribution in [1.82, 2.24) is 14.8 Å². The van der Waals surface area contributed by atoms with Crippen molar-refractivity contribution in [1.29, 1.82) is 0 Å². The Hall–Kier alpha value is -2.95. The van der Waals surface area contributed by atoms with Crippen LogP contribution in [0, 0.1) is 6.92 Å². The molecule has 1 N–H and O–H groups in total. The van der Waals surface area contributed by atoms with Crippen molar-refractivity contribution in [3.05, 3.63) is 72.3 Å². The van der Waals surface area contributed by atoms with Crippen LogP contribution in [0.5, 0.6) is 0 Å². The summed E-state index contributed by atoms with van der Waals surface area (Å²) in [5.41, 5.74) is 3.34. The molecule has 0 unspecified atom stereocenters. The van der Waals surface area contributed by atoms with Crippen LogP contribution in [0.25, 0.3) is 5.69 Å². The predicted molar refractivity (Wildman–Crippen MR) is 80.5 cm³/mol. The van der Waals surface area contributed by atoms with Gasteiger partial charge >= 0.3 is 0 Å². The van der Waals surface area contributed by atoms with E-state index in [0.29, 0.717) is 5.56 Å². The Morgan fingerprint density at radius 1 is 1.14 bits per heavy atom. The van der Waals surface area contributed by atoms with Crippen molar-refractivity contribution in [3.63, 3.8) is 0 Å². The van der Waals surface area contributed by atoms with Gasteiger partial charge in [-0.1, -0.05) is 17.7 Å². The van der Waals surface area contributed by atoms with Crippen LogP contribution in [0.4, 0.5) is 5.69 Å². The number of nitrogens with zero attached hydrogens (tertiary/aromatic N) is 3. The number of amides is 1. The molecule has 5 nitrogen and oxygen atoms in total. The molecular weight excluding hydrogens is 264 g/mol. The van der Waals surface area contributed by atoms with Crippen LogP contribution in [-0.2, 0) is 0 Å². The van der Waals surface area contributed by atoms with Crippen LogP contribution in [0.3, 0.4) is 0 Å². The maximum atomic E-state index is 12.1. The lowest BCUT2D eigenvalue weighted by molar-refractivity contribution is 0.102. The molecule has 0 aliphatic heterocycles. The van der Waals surface area contributed by atoms with Gasteiger partial charge in [0.2, 0.25) is 0 Å². The normalized spacial score (nSPS) is 10.3. The first-order chi connectivity index (χ1) is 10.2. The second-order valence-corrected chi connectivity index (χ2v) is 4.71. The molecule has 2 aromatic carbocycles. The number of carbonyl (C=O) groups excluding carboxylic acids is 1. The first-order valence-electron chi connectivity index (χ1n) is 6.55. The molecule has 0 bridgehead atoms. The van der Waals surface area contributed by atoms with Crippen molar-refractivity contribution >= 4 is 11.6 Å². The van der Waals surface area contributed by atoms with Gasteiger partial charge in [0, 0.05) is 11.3 Å². The molecule has 0 aliphatic carbocycles. The maximum absolute atomic E-state index is 12.1. The summed E-state index contributed by atoms with van der Waals surface area (Å²) in [4.78, 5) is 16.0. The highest BCUT2D eigenvalue weighted by molar-refractivity contribution is 6.04. The van der Waals surface area contributed by atoms with E-state index in [2.05, 4.69) is 15.4 Å². The Kier molecular flexibility index (Phi) is 3.47. The first-order valence-corrected chi connectivity index (χ1v) is 6.55. The van der Waals surface area contributed by atoms with Gasteiger partial charge in [0.15, 0.2) is 0 Å². The fourth-order valence-corrected chi connectivity index (χ4v) is 2.03. The highest BCUT2D eigenvalue weighted by Crippen LogP contribution is 2.14. The minimum atomic E-state index is -0.118. The third-order valence-electron chi connectivity index (χ3n) is 3.09. The Bertz CT molecular complexity index is 748. The van der Waals surface area contributed by atoms with Crippen molar-refractivity contribution < 1.29 is 4.79 Å². The molecule has 0 saturated carbocycles. The summed E-state index contributed by atoms with van der Waals surface area (Å²) in [6, 6.07) is 14.9. The molecule has 3 aromatic rings. The summed E-state index contributed by atoms with van der Waals surface area (Å²) < 4.78 is 1.66. The van der Waals surface area contributed by atoms with Crippen LogP contribution in [0.15, 0.2) is 61.2 Å². The lowest BCUT2D eigenvalue weighted by atomic mass is 10.1. The van der Waals surface area contributed by atoms with E-state index in [1.807, 2.05) is 49.4 Å². The summed E-state index contributed by atoms with van der Waals surface area (Å²) in [5, 5.41) is 6.93. The number of nitrogens with one attached hydrogen (secondary N) is 1. The zero-order valence-electron chi connectivity index (χ0n) is 11.5. The number of aromatic nitrogens is 3. The van der Waals surface area contributed by atoms with Crippen LogP contribution < -0.4 is 5.32 Å². The number of hydrogen-bond donors (Lipinski definition) is 1. The molecule has 104 valence electrons. The second kappa shape index (κ2) is 5.58. The van der Waals surface area contributed by atoms with E-state index in [4.69, 9.17) is 0 Å². The maximum Gasteiger partial charge on any atom is 0.255 e. The molecule has 21 heavy (non-hydrogen) atoms. The predicted octanol–water partition coefficient (Wildman–Crippen LogP) is 2.83. The van der Waals surface area contributed by atoms with Crippen molar-refractivity contribution in [2.45, 2.75) is 6.92 Å². The summed E-state index contributed by atoms with van der Waals surface area (Å²) >= 11 is 0. The van der Waals surface area contributed by atoms with Crippen molar-refractivity contribution in [3.8, 4) is 5.69 Å². The van der Waals surface area contributed by atoms with Gasteiger partial charge in [0.25, 0.3) is 5.91 Å². The van der Waals surface area contributed by atoms with E-state index in [1.54, 1.807) is 17.1 Å². The fourth-order valence-electron chi connectivity index (χ4n) is 2.03. The zero-order chi connectivity index (χ0) is 14.7. The number of rotatable bonds is 3. The monoisotopic (exact) mass is 278 g/mol. The van der Waals surface area contributed by atoms with E-state index in [-0.39, 0.29) is 5.91 Å². The minimum Gasteiger partial charge on any atom is -0.322 e. The molecule has 5 heteroatoms. The average molecular weight is 278 g/mol.